The second kappa shape index (κ2) is 9.10. The van der Waals surface area contributed by atoms with Crippen molar-refractivity contribution in [2.75, 3.05) is 5.73 Å². The number of aromatic nitrogens is 7. The number of benzene rings is 1. The molecule has 2 aliphatic carbocycles. The standard InChI is InChI=1S/C31H27N9/c32-29-24(3-1-13-34-29)30-37-27-10-11-28(39-16-2-14-35-39)38-31(27)40(30)21-6-7-22-19(17-21)4-8-25(22)36-26-9-5-20-18-33-15-12-23(20)26/h1-3,6-7,10-18,25-26,36H,4-5,8-9H2,(H2,32,34)/t25-,26?/m0/s1. The Balaban J connectivity index is 1.22. The van der Waals surface area contributed by atoms with Crippen LogP contribution in [0.4, 0.5) is 5.82 Å². The SMILES string of the molecule is Nc1ncccc1-c1nc2ccc(-n3cccn3)nc2n1-c1ccc2c(c1)CC[C@@H]2NC1CCc2cnccc21. The number of hydrogen-bond acceptors (Lipinski definition) is 7. The maximum atomic E-state index is 6.34. The number of aryl methyl sites for hydroxylation is 2. The second-order valence-electron chi connectivity index (χ2n) is 10.5. The van der Waals surface area contributed by atoms with Crippen molar-refractivity contribution in [2.24, 2.45) is 0 Å². The van der Waals surface area contributed by atoms with Crippen LogP contribution in [0.25, 0.3) is 34.1 Å². The van der Waals surface area contributed by atoms with Gasteiger partial charge in [0.2, 0.25) is 0 Å². The van der Waals surface area contributed by atoms with Crippen molar-refractivity contribution in [1.82, 2.24) is 39.6 Å². The number of imidazole rings is 1. The van der Waals surface area contributed by atoms with E-state index in [1.54, 1.807) is 17.1 Å². The molecule has 6 aromatic rings. The van der Waals surface area contributed by atoms with Gasteiger partial charge in [0.15, 0.2) is 17.3 Å². The van der Waals surface area contributed by atoms with E-state index in [1.807, 2.05) is 48.9 Å². The first-order valence-corrected chi connectivity index (χ1v) is 13.7. The highest BCUT2D eigenvalue weighted by atomic mass is 15.3. The van der Waals surface area contributed by atoms with Crippen LogP contribution >= 0.6 is 0 Å². The quantitative estimate of drug-likeness (QED) is 0.329. The van der Waals surface area contributed by atoms with Gasteiger partial charge in [-0.05, 0) is 96.5 Å². The van der Waals surface area contributed by atoms with Gasteiger partial charge in [-0.1, -0.05) is 6.07 Å². The highest BCUT2D eigenvalue weighted by Crippen LogP contribution is 2.39. The molecule has 5 aromatic heterocycles. The Morgan fingerprint density at radius 2 is 1.73 bits per heavy atom. The molecule has 1 aromatic carbocycles. The third kappa shape index (κ3) is 3.70. The van der Waals surface area contributed by atoms with Crippen LogP contribution in [-0.2, 0) is 12.8 Å². The van der Waals surface area contributed by atoms with E-state index in [9.17, 15) is 0 Å². The molecule has 2 aliphatic rings. The molecular formula is C31H27N9. The van der Waals surface area contributed by atoms with E-state index in [0.29, 0.717) is 17.9 Å². The zero-order chi connectivity index (χ0) is 26.6. The Bertz CT molecular complexity index is 1870. The summed E-state index contributed by atoms with van der Waals surface area (Å²) in [5.74, 6) is 1.88. The molecule has 0 saturated carbocycles. The highest BCUT2D eigenvalue weighted by molar-refractivity contribution is 5.83. The van der Waals surface area contributed by atoms with E-state index in [1.165, 1.54) is 22.3 Å². The van der Waals surface area contributed by atoms with E-state index in [4.69, 9.17) is 15.7 Å². The average Bonchev–Trinajstić information content (AvgIpc) is 3.79. The first-order chi connectivity index (χ1) is 19.7. The van der Waals surface area contributed by atoms with Gasteiger partial charge in [-0.15, -0.1) is 0 Å². The van der Waals surface area contributed by atoms with Gasteiger partial charge in [-0.2, -0.15) is 5.10 Å². The molecule has 9 nitrogen and oxygen atoms in total. The summed E-state index contributed by atoms with van der Waals surface area (Å²) in [5, 5.41) is 8.32. The molecule has 0 radical (unpaired) electrons. The van der Waals surface area contributed by atoms with Crippen LogP contribution in [0.1, 0.15) is 47.2 Å². The van der Waals surface area contributed by atoms with Crippen LogP contribution in [0.15, 0.2) is 85.6 Å². The molecule has 196 valence electrons. The number of nitrogens with zero attached hydrogens (tertiary/aromatic N) is 7. The maximum absolute atomic E-state index is 6.34. The summed E-state index contributed by atoms with van der Waals surface area (Å²) in [4.78, 5) is 18.6. The average molecular weight is 526 g/mol. The van der Waals surface area contributed by atoms with Crippen molar-refractivity contribution >= 4 is 17.0 Å². The van der Waals surface area contributed by atoms with Crippen molar-refractivity contribution in [3.8, 4) is 22.9 Å². The Morgan fingerprint density at radius 1 is 0.850 bits per heavy atom. The molecule has 0 bridgehead atoms. The first kappa shape index (κ1) is 23.0. The molecule has 0 amide bonds. The van der Waals surface area contributed by atoms with Gasteiger partial charge in [0, 0.05) is 48.8 Å². The lowest BCUT2D eigenvalue weighted by Gasteiger charge is -2.21. The molecule has 5 heterocycles. The molecule has 1 unspecified atom stereocenters. The van der Waals surface area contributed by atoms with Gasteiger partial charge in [-0.25, -0.2) is 19.6 Å². The molecule has 0 spiro atoms. The number of anilines is 1. The number of rotatable bonds is 5. The molecule has 9 heteroatoms. The Kier molecular flexibility index (Phi) is 5.24. The number of pyridine rings is 3. The number of hydrogen-bond donors (Lipinski definition) is 2. The summed E-state index contributed by atoms with van der Waals surface area (Å²) in [6.45, 7) is 0. The minimum atomic E-state index is 0.325. The third-order valence-electron chi connectivity index (χ3n) is 8.19. The van der Waals surface area contributed by atoms with Crippen molar-refractivity contribution in [3.05, 3.63) is 108 Å². The lowest BCUT2D eigenvalue weighted by Crippen LogP contribution is -2.23. The number of fused-ring (bicyclic) bond motifs is 3. The van der Waals surface area contributed by atoms with Crippen LogP contribution in [0.2, 0.25) is 0 Å². The third-order valence-corrected chi connectivity index (χ3v) is 8.19. The van der Waals surface area contributed by atoms with Gasteiger partial charge in [-0.3, -0.25) is 9.55 Å². The highest BCUT2D eigenvalue weighted by Gasteiger charge is 2.29. The van der Waals surface area contributed by atoms with E-state index >= 15 is 0 Å². The molecule has 8 rings (SSSR count). The smallest absolute Gasteiger partial charge is 0.167 e. The first-order valence-electron chi connectivity index (χ1n) is 13.7. The predicted octanol–water partition coefficient (Wildman–Crippen LogP) is 4.91. The predicted molar refractivity (Wildman–Crippen MR) is 153 cm³/mol. The molecule has 3 N–H and O–H groups in total. The minimum absolute atomic E-state index is 0.325. The Labute approximate surface area is 230 Å². The van der Waals surface area contributed by atoms with Crippen LogP contribution in [0.3, 0.4) is 0 Å². The maximum Gasteiger partial charge on any atom is 0.167 e. The van der Waals surface area contributed by atoms with Gasteiger partial charge in [0.25, 0.3) is 0 Å². The fraction of sp³-hybridized carbons (Fsp3) is 0.194. The Morgan fingerprint density at radius 3 is 2.58 bits per heavy atom. The van der Waals surface area contributed by atoms with Crippen LogP contribution < -0.4 is 11.1 Å². The van der Waals surface area contributed by atoms with E-state index in [-0.39, 0.29) is 0 Å². The van der Waals surface area contributed by atoms with E-state index in [0.717, 1.165) is 59.7 Å². The molecular weight excluding hydrogens is 498 g/mol. The van der Waals surface area contributed by atoms with Crippen LogP contribution in [0, 0.1) is 0 Å². The van der Waals surface area contributed by atoms with Crippen molar-refractivity contribution in [2.45, 2.75) is 37.8 Å². The van der Waals surface area contributed by atoms with Crippen LogP contribution in [0.5, 0.6) is 0 Å². The summed E-state index contributed by atoms with van der Waals surface area (Å²) in [5.41, 5.74) is 15.1. The van der Waals surface area contributed by atoms with Crippen molar-refractivity contribution < 1.29 is 0 Å². The molecule has 40 heavy (non-hydrogen) atoms. The van der Waals surface area contributed by atoms with Crippen LogP contribution in [-0.4, -0.2) is 34.3 Å². The lowest BCUT2D eigenvalue weighted by molar-refractivity contribution is 0.440. The van der Waals surface area contributed by atoms with Gasteiger partial charge in [0.1, 0.15) is 11.3 Å². The van der Waals surface area contributed by atoms with E-state index < -0.39 is 0 Å². The zero-order valence-corrected chi connectivity index (χ0v) is 21.8. The normalized spacial score (nSPS) is 17.8. The second-order valence-corrected chi connectivity index (χ2v) is 10.5. The van der Waals surface area contributed by atoms with E-state index in [2.05, 4.69) is 49.2 Å². The minimum Gasteiger partial charge on any atom is -0.383 e. The van der Waals surface area contributed by atoms with Crippen molar-refractivity contribution in [3.63, 3.8) is 0 Å². The number of nitrogens with one attached hydrogen (secondary N) is 1. The van der Waals surface area contributed by atoms with Gasteiger partial charge in [0.05, 0.1) is 5.56 Å². The molecule has 0 aliphatic heterocycles. The largest absolute Gasteiger partial charge is 0.383 e. The van der Waals surface area contributed by atoms with Gasteiger partial charge < -0.3 is 11.1 Å². The fourth-order valence-electron chi connectivity index (χ4n) is 6.29. The molecule has 0 saturated heterocycles. The van der Waals surface area contributed by atoms with Gasteiger partial charge >= 0.3 is 0 Å². The fourth-order valence-corrected chi connectivity index (χ4v) is 6.29. The monoisotopic (exact) mass is 525 g/mol. The summed E-state index contributed by atoms with van der Waals surface area (Å²) in [7, 11) is 0. The zero-order valence-electron chi connectivity index (χ0n) is 21.8. The summed E-state index contributed by atoms with van der Waals surface area (Å²) in [6, 6.07) is 19.2. The topological polar surface area (TPSA) is 112 Å². The summed E-state index contributed by atoms with van der Waals surface area (Å²) < 4.78 is 3.85. The Hall–Kier alpha value is -4.89. The summed E-state index contributed by atoms with van der Waals surface area (Å²) >= 11 is 0. The number of nitrogens with two attached hydrogens (primary N) is 1. The molecule has 0 fully saturated rings. The summed E-state index contributed by atoms with van der Waals surface area (Å²) in [6.07, 6.45) is 13.5. The number of nitrogen functional groups attached to an aromatic ring is 1. The van der Waals surface area contributed by atoms with Crippen molar-refractivity contribution in [1.29, 1.82) is 0 Å². The lowest BCUT2D eigenvalue weighted by atomic mass is 10.0. The molecule has 2 atom stereocenters.